The van der Waals surface area contributed by atoms with Crippen molar-refractivity contribution >= 4 is 22.9 Å². The lowest BCUT2D eigenvalue weighted by atomic mass is 10.1. The van der Waals surface area contributed by atoms with Crippen molar-refractivity contribution in [1.82, 2.24) is 0 Å². The first-order valence-electron chi connectivity index (χ1n) is 7.42. The summed E-state index contributed by atoms with van der Waals surface area (Å²) >= 11 is 0. The third-order valence-corrected chi connectivity index (χ3v) is 3.92. The van der Waals surface area contributed by atoms with Gasteiger partial charge in [-0.15, -0.1) is 0 Å². The smallest absolute Gasteiger partial charge is 0.199 e. The minimum Gasteiger partial charge on any atom is -0.506 e. The van der Waals surface area contributed by atoms with Gasteiger partial charge in [0.05, 0.1) is 31.2 Å². The lowest BCUT2D eigenvalue weighted by Gasteiger charge is -2.08. The van der Waals surface area contributed by atoms with E-state index < -0.39 is 0 Å². The van der Waals surface area contributed by atoms with Crippen LogP contribution in [0.5, 0.6) is 11.5 Å². The van der Waals surface area contributed by atoms with Gasteiger partial charge in [-0.1, -0.05) is 24.3 Å². The quantitative estimate of drug-likeness (QED) is 0.865. The van der Waals surface area contributed by atoms with Gasteiger partial charge in [0.25, 0.3) is 0 Å². The van der Waals surface area contributed by atoms with Crippen LogP contribution < -0.4 is 9.47 Å². The normalized spacial score (nSPS) is 14.0. The molecule has 1 aliphatic carbocycles. The van der Waals surface area contributed by atoms with Gasteiger partial charge in [0, 0.05) is 17.2 Å². The molecule has 0 fully saturated rings. The van der Waals surface area contributed by atoms with Gasteiger partial charge >= 0.3 is 0 Å². The molecule has 1 N–H and O–H groups in total. The Balaban J connectivity index is 2.01. The molecule has 24 heavy (non-hydrogen) atoms. The summed E-state index contributed by atoms with van der Waals surface area (Å²) < 4.78 is 10.4. The van der Waals surface area contributed by atoms with E-state index in [9.17, 15) is 9.90 Å². The van der Waals surface area contributed by atoms with Crippen molar-refractivity contribution in [3.63, 3.8) is 0 Å². The van der Waals surface area contributed by atoms with Crippen LogP contribution in [-0.4, -0.2) is 30.8 Å². The van der Waals surface area contributed by atoms with Crippen molar-refractivity contribution in [2.24, 2.45) is 4.99 Å². The number of hydrogen-bond donors (Lipinski definition) is 1. The summed E-state index contributed by atoms with van der Waals surface area (Å²) in [6.07, 6.45) is 0. The number of carbonyl (C=O) groups is 1. The SMILES string of the molecule is COc1ccc(N=C(C)C2=C(O)c3ccccc3C2=O)cc1OC. The highest BCUT2D eigenvalue weighted by Crippen LogP contribution is 2.34. The Kier molecular flexibility index (Phi) is 4.08. The Bertz CT molecular complexity index is 881. The van der Waals surface area contributed by atoms with Gasteiger partial charge < -0.3 is 14.6 Å². The number of Topliss-reactive ketones (excluding diaryl/α,β-unsaturated/α-hetero) is 1. The molecule has 0 saturated carbocycles. The molecule has 5 nitrogen and oxygen atoms in total. The van der Waals surface area contributed by atoms with Gasteiger partial charge in [0.15, 0.2) is 17.3 Å². The van der Waals surface area contributed by atoms with Crippen molar-refractivity contribution in [2.45, 2.75) is 6.92 Å². The van der Waals surface area contributed by atoms with Crippen molar-refractivity contribution in [3.05, 3.63) is 59.2 Å². The Labute approximate surface area is 139 Å². The van der Waals surface area contributed by atoms with Crippen LogP contribution in [0, 0.1) is 0 Å². The molecule has 0 spiro atoms. The van der Waals surface area contributed by atoms with Gasteiger partial charge in [-0.2, -0.15) is 0 Å². The molecule has 5 heteroatoms. The summed E-state index contributed by atoms with van der Waals surface area (Å²) in [6.45, 7) is 1.70. The number of carbonyl (C=O) groups excluding carboxylic acids is 1. The van der Waals surface area contributed by atoms with E-state index in [0.29, 0.717) is 34.0 Å². The van der Waals surface area contributed by atoms with Crippen LogP contribution in [0.25, 0.3) is 5.76 Å². The molecule has 0 unspecified atom stereocenters. The Morgan fingerprint density at radius 1 is 1.00 bits per heavy atom. The molecule has 0 aliphatic heterocycles. The number of rotatable bonds is 4. The fourth-order valence-corrected chi connectivity index (χ4v) is 2.74. The van der Waals surface area contributed by atoms with Crippen molar-refractivity contribution in [2.75, 3.05) is 14.2 Å². The lowest BCUT2D eigenvalue weighted by molar-refractivity contribution is 0.104. The topological polar surface area (TPSA) is 68.1 Å². The summed E-state index contributed by atoms with van der Waals surface area (Å²) in [5.74, 6) is 0.897. The van der Waals surface area contributed by atoms with Crippen LogP contribution in [0.4, 0.5) is 5.69 Å². The number of ketones is 1. The molecule has 0 amide bonds. The van der Waals surface area contributed by atoms with E-state index in [2.05, 4.69) is 4.99 Å². The van der Waals surface area contributed by atoms with E-state index >= 15 is 0 Å². The molecule has 0 aromatic heterocycles. The molecule has 122 valence electrons. The predicted octanol–water partition coefficient (Wildman–Crippen LogP) is 3.96. The number of aliphatic hydroxyl groups is 1. The van der Waals surface area contributed by atoms with E-state index in [1.165, 1.54) is 0 Å². The fraction of sp³-hybridized carbons (Fsp3) is 0.158. The number of nitrogens with zero attached hydrogens (tertiary/aromatic N) is 1. The monoisotopic (exact) mass is 323 g/mol. The maximum absolute atomic E-state index is 12.5. The van der Waals surface area contributed by atoms with Gasteiger partial charge in [-0.05, 0) is 19.1 Å². The largest absolute Gasteiger partial charge is 0.506 e. The zero-order chi connectivity index (χ0) is 17.3. The number of benzene rings is 2. The summed E-state index contributed by atoms with van der Waals surface area (Å²) in [5.41, 5.74) is 2.31. The second-order valence-corrected chi connectivity index (χ2v) is 5.33. The van der Waals surface area contributed by atoms with Gasteiger partial charge in [-0.25, -0.2) is 0 Å². The Hall–Kier alpha value is -3.08. The highest BCUT2D eigenvalue weighted by atomic mass is 16.5. The number of methoxy groups -OCH3 is 2. The molecule has 0 radical (unpaired) electrons. The third-order valence-electron chi connectivity index (χ3n) is 3.92. The molecule has 0 saturated heterocycles. The van der Waals surface area contributed by atoms with E-state index in [0.717, 1.165) is 0 Å². The summed E-state index contributed by atoms with van der Waals surface area (Å²) in [4.78, 5) is 17.0. The van der Waals surface area contributed by atoms with Crippen LogP contribution >= 0.6 is 0 Å². The first-order chi connectivity index (χ1) is 11.6. The lowest BCUT2D eigenvalue weighted by Crippen LogP contribution is -2.07. The molecule has 2 aromatic carbocycles. The number of allylic oxidation sites excluding steroid dienone is 1. The molecule has 1 aliphatic rings. The number of aliphatic hydroxyl groups excluding tert-OH is 1. The molecule has 0 atom stereocenters. The maximum Gasteiger partial charge on any atom is 0.199 e. The Morgan fingerprint density at radius 3 is 2.29 bits per heavy atom. The molecular formula is C19H17NO4. The number of ether oxygens (including phenoxy) is 2. The number of aliphatic imine (C=N–C) groups is 1. The van der Waals surface area contributed by atoms with E-state index in [1.807, 2.05) is 0 Å². The van der Waals surface area contributed by atoms with Crippen LogP contribution in [0.1, 0.15) is 22.8 Å². The van der Waals surface area contributed by atoms with E-state index in [-0.39, 0.29) is 17.1 Å². The highest BCUT2D eigenvalue weighted by molar-refractivity contribution is 6.35. The molecule has 0 heterocycles. The third kappa shape index (κ3) is 2.54. The van der Waals surface area contributed by atoms with Crippen LogP contribution in [-0.2, 0) is 0 Å². The standard InChI is InChI=1S/C19H17NO4/c1-11(20-12-8-9-15(23-2)16(10-12)24-3)17-18(21)13-6-4-5-7-14(13)19(17)22/h4-10,21H,1-3H3. The fourth-order valence-electron chi connectivity index (χ4n) is 2.74. The number of hydrogen-bond acceptors (Lipinski definition) is 5. The van der Waals surface area contributed by atoms with Crippen molar-refractivity contribution < 1.29 is 19.4 Å². The van der Waals surface area contributed by atoms with E-state index in [1.54, 1.807) is 63.6 Å². The average molecular weight is 323 g/mol. The average Bonchev–Trinajstić information content (AvgIpc) is 2.86. The van der Waals surface area contributed by atoms with E-state index in [4.69, 9.17) is 9.47 Å². The summed E-state index contributed by atoms with van der Waals surface area (Å²) in [7, 11) is 3.10. The maximum atomic E-state index is 12.5. The van der Waals surface area contributed by atoms with Gasteiger partial charge in [0.2, 0.25) is 0 Å². The van der Waals surface area contributed by atoms with Crippen LogP contribution in [0.2, 0.25) is 0 Å². The predicted molar refractivity (Wildman–Crippen MR) is 92.6 cm³/mol. The second kappa shape index (κ2) is 6.20. The van der Waals surface area contributed by atoms with Gasteiger partial charge in [-0.3, -0.25) is 9.79 Å². The highest BCUT2D eigenvalue weighted by Gasteiger charge is 2.30. The first-order valence-corrected chi connectivity index (χ1v) is 7.42. The minimum atomic E-state index is -0.218. The Morgan fingerprint density at radius 2 is 1.67 bits per heavy atom. The number of fused-ring (bicyclic) bond motifs is 1. The summed E-state index contributed by atoms with van der Waals surface area (Å²) in [5, 5.41) is 10.4. The molecule has 3 rings (SSSR count). The molecule has 2 aromatic rings. The zero-order valence-corrected chi connectivity index (χ0v) is 13.7. The first kappa shape index (κ1) is 15.8. The second-order valence-electron chi connectivity index (χ2n) is 5.33. The zero-order valence-electron chi connectivity index (χ0n) is 13.7. The van der Waals surface area contributed by atoms with Crippen LogP contribution in [0.15, 0.2) is 53.0 Å². The van der Waals surface area contributed by atoms with Crippen molar-refractivity contribution in [3.8, 4) is 11.5 Å². The minimum absolute atomic E-state index is 0.0303. The molecule has 0 bridgehead atoms. The van der Waals surface area contributed by atoms with Crippen LogP contribution in [0.3, 0.4) is 0 Å². The van der Waals surface area contributed by atoms with Gasteiger partial charge in [0.1, 0.15) is 5.76 Å². The van der Waals surface area contributed by atoms with Crippen molar-refractivity contribution in [1.29, 1.82) is 0 Å². The molecular weight excluding hydrogens is 306 g/mol. The summed E-state index contributed by atoms with van der Waals surface area (Å²) in [6, 6.07) is 12.2.